The van der Waals surface area contributed by atoms with Crippen molar-refractivity contribution in [3.05, 3.63) is 0 Å². The second kappa shape index (κ2) is 6.37. The second-order valence-corrected chi connectivity index (χ2v) is 5.88. The highest BCUT2D eigenvalue weighted by atomic mass is 16.5. The normalized spacial score (nSPS) is 23.8. The molecule has 1 aliphatic heterocycles. The van der Waals surface area contributed by atoms with E-state index in [-0.39, 0.29) is 5.91 Å². The number of carbonyl (C=O) groups excluding carboxylic acids is 2. The molecule has 1 rings (SSSR count). The van der Waals surface area contributed by atoms with Crippen LogP contribution in [0.4, 0.5) is 0 Å². The summed E-state index contributed by atoms with van der Waals surface area (Å²) in [5, 5.41) is 6.14. The molecule has 19 heavy (non-hydrogen) atoms. The van der Waals surface area contributed by atoms with Crippen LogP contribution in [0.25, 0.3) is 0 Å². The Morgan fingerprint density at radius 1 is 1.42 bits per heavy atom. The van der Waals surface area contributed by atoms with Gasteiger partial charge in [0, 0.05) is 6.54 Å². The molecule has 1 amide bonds. The minimum absolute atomic E-state index is 0.0445. The SMILES string of the molecule is CCCC1(C(=O)NC(C)(C)C(=O)OC)CCCNC1. The first kappa shape index (κ1) is 16.0. The lowest BCUT2D eigenvalue weighted by atomic mass is 9.75. The van der Waals surface area contributed by atoms with E-state index in [1.54, 1.807) is 13.8 Å². The van der Waals surface area contributed by atoms with Gasteiger partial charge in [-0.15, -0.1) is 0 Å². The van der Waals surface area contributed by atoms with Crippen molar-refractivity contribution in [2.24, 2.45) is 5.41 Å². The Morgan fingerprint density at radius 2 is 2.11 bits per heavy atom. The van der Waals surface area contributed by atoms with E-state index in [1.807, 2.05) is 0 Å². The summed E-state index contributed by atoms with van der Waals surface area (Å²) in [5.41, 5.74) is -1.37. The molecule has 0 bridgehead atoms. The first-order valence-electron chi connectivity index (χ1n) is 7.00. The maximum absolute atomic E-state index is 12.6. The third kappa shape index (κ3) is 3.69. The fourth-order valence-corrected chi connectivity index (χ4v) is 2.69. The van der Waals surface area contributed by atoms with Gasteiger partial charge in [-0.25, -0.2) is 4.79 Å². The second-order valence-electron chi connectivity index (χ2n) is 5.88. The molecule has 0 radical (unpaired) electrons. The predicted octanol–water partition coefficient (Wildman–Crippen LogP) is 1.22. The summed E-state index contributed by atoms with van der Waals surface area (Å²) in [6.45, 7) is 7.07. The van der Waals surface area contributed by atoms with Gasteiger partial charge in [-0.2, -0.15) is 0 Å². The van der Waals surface area contributed by atoms with Crippen LogP contribution in [0.1, 0.15) is 46.5 Å². The molecule has 5 heteroatoms. The van der Waals surface area contributed by atoms with E-state index in [1.165, 1.54) is 7.11 Å². The standard InChI is InChI=1S/C14H26N2O3/c1-5-7-14(8-6-9-15-10-14)11(17)16-13(2,3)12(18)19-4/h15H,5-10H2,1-4H3,(H,16,17). The third-order valence-electron chi connectivity index (χ3n) is 3.80. The lowest BCUT2D eigenvalue weighted by molar-refractivity contribution is -0.151. The molecule has 2 N–H and O–H groups in total. The quantitative estimate of drug-likeness (QED) is 0.737. The highest BCUT2D eigenvalue weighted by Crippen LogP contribution is 2.32. The van der Waals surface area contributed by atoms with E-state index in [0.29, 0.717) is 6.54 Å². The molecule has 1 unspecified atom stereocenters. The Labute approximate surface area is 115 Å². The highest BCUT2D eigenvalue weighted by molar-refractivity contribution is 5.90. The van der Waals surface area contributed by atoms with Crippen LogP contribution in [0.3, 0.4) is 0 Å². The third-order valence-corrected chi connectivity index (χ3v) is 3.80. The Hall–Kier alpha value is -1.10. The molecule has 0 aromatic rings. The lowest BCUT2D eigenvalue weighted by Crippen LogP contribution is -2.58. The maximum atomic E-state index is 12.6. The number of esters is 1. The van der Waals surface area contributed by atoms with Gasteiger partial charge in [0.25, 0.3) is 0 Å². The average Bonchev–Trinajstić information content (AvgIpc) is 2.38. The van der Waals surface area contributed by atoms with Gasteiger partial charge in [-0.3, -0.25) is 4.79 Å². The Bertz CT molecular complexity index is 328. The monoisotopic (exact) mass is 270 g/mol. The van der Waals surface area contributed by atoms with Gasteiger partial charge in [0.05, 0.1) is 12.5 Å². The summed E-state index contributed by atoms with van der Waals surface area (Å²) in [6.07, 6.45) is 3.65. The van der Waals surface area contributed by atoms with Gasteiger partial charge in [-0.1, -0.05) is 13.3 Å². The molecule has 1 aliphatic rings. The van der Waals surface area contributed by atoms with Gasteiger partial charge < -0.3 is 15.4 Å². The van der Waals surface area contributed by atoms with Crippen molar-refractivity contribution in [3.8, 4) is 0 Å². The largest absolute Gasteiger partial charge is 0.467 e. The average molecular weight is 270 g/mol. The molecule has 0 aromatic heterocycles. The van der Waals surface area contributed by atoms with Crippen LogP contribution in [0.15, 0.2) is 0 Å². The van der Waals surface area contributed by atoms with Crippen molar-refractivity contribution in [2.75, 3.05) is 20.2 Å². The number of hydrogen-bond acceptors (Lipinski definition) is 4. The van der Waals surface area contributed by atoms with Crippen LogP contribution in [-0.4, -0.2) is 37.6 Å². The molecule has 110 valence electrons. The zero-order valence-corrected chi connectivity index (χ0v) is 12.5. The molecular formula is C14H26N2O3. The lowest BCUT2D eigenvalue weighted by Gasteiger charge is -2.38. The minimum atomic E-state index is -0.982. The number of piperidine rings is 1. The molecule has 0 aliphatic carbocycles. The molecule has 1 fully saturated rings. The minimum Gasteiger partial charge on any atom is -0.467 e. The van der Waals surface area contributed by atoms with E-state index in [4.69, 9.17) is 4.74 Å². The van der Waals surface area contributed by atoms with E-state index >= 15 is 0 Å². The van der Waals surface area contributed by atoms with Crippen LogP contribution in [0.2, 0.25) is 0 Å². The van der Waals surface area contributed by atoms with Crippen LogP contribution < -0.4 is 10.6 Å². The fraction of sp³-hybridized carbons (Fsp3) is 0.857. The molecule has 1 atom stereocenters. The number of hydrogen-bond donors (Lipinski definition) is 2. The van der Waals surface area contributed by atoms with Crippen molar-refractivity contribution in [2.45, 2.75) is 52.0 Å². The van der Waals surface area contributed by atoms with Gasteiger partial charge >= 0.3 is 5.97 Å². The van der Waals surface area contributed by atoms with E-state index in [9.17, 15) is 9.59 Å². The van der Waals surface area contributed by atoms with E-state index in [2.05, 4.69) is 17.6 Å². The Morgan fingerprint density at radius 3 is 2.58 bits per heavy atom. The number of rotatable bonds is 5. The predicted molar refractivity (Wildman–Crippen MR) is 73.7 cm³/mol. The highest BCUT2D eigenvalue weighted by Gasteiger charge is 2.42. The Kier molecular flexibility index (Phi) is 5.35. The number of amides is 1. The zero-order chi connectivity index (χ0) is 14.5. The first-order chi connectivity index (χ1) is 8.88. The van der Waals surface area contributed by atoms with E-state index in [0.717, 1.165) is 32.2 Å². The summed E-state index contributed by atoms with van der Waals surface area (Å²) in [5.74, 6) is -0.465. The van der Waals surface area contributed by atoms with Gasteiger partial charge in [-0.05, 0) is 39.7 Å². The van der Waals surface area contributed by atoms with Crippen LogP contribution >= 0.6 is 0 Å². The van der Waals surface area contributed by atoms with E-state index < -0.39 is 16.9 Å². The topological polar surface area (TPSA) is 67.4 Å². The summed E-state index contributed by atoms with van der Waals surface area (Å²) in [4.78, 5) is 24.2. The van der Waals surface area contributed by atoms with Crippen molar-refractivity contribution < 1.29 is 14.3 Å². The molecule has 1 saturated heterocycles. The number of ether oxygens (including phenoxy) is 1. The van der Waals surface area contributed by atoms with Gasteiger partial charge in [0.2, 0.25) is 5.91 Å². The summed E-state index contributed by atoms with van der Waals surface area (Å²) in [7, 11) is 1.33. The smallest absolute Gasteiger partial charge is 0.330 e. The van der Waals surface area contributed by atoms with Gasteiger partial charge in [0.1, 0.15) is 5.54 Å². The van der Waals surface area contributed by atoms with Crippen molar-refractivity contribution in [3.63, 3.8) is 0 Å². The van der Waals surface area contributed by atoms with Crippen molar-refractivity contribution in [1.29, 1.82) is 0 Å². The molecule has 0 spiro atoms. The van der Waals surface area contributed by atoms with Crippen LogP contribution in [-0.2, 0) is 14.3 Å². The molecule has 0 aromatic carbocycles. The molecular weight excluding hydrogens is 244 g/mol. The molecule has 5 nitrogen and oxygen atoms in total. The molecule has 0 saturated carbocycles. The summed E-state index contributed by atoms with van der Waals surface area (Å²) in [6, 6.07) is 0. The number of methoxy groups -OCH3 is 1. The fourth-order valence-electron chi connectivity index (χ4n) is 2.69. The maximum Gasteiger partial charge on any atom is 0.330 e. The zero-order valence-electron chi connectivity index (χ0n) is 12.5. The number of carbonyl (C=O) groups is 2. The van der Waals surface area contributed by atoms with Crippen LogP contribution in [0, 0.1) is 5.41 Å². The molecule has 1 heterocycles. The number of nitrogens with one attached hydrogen (secondary N) is 2. The first-order valence-corrected chi connectivity index (χ1v) is 7.00. The van der Waals surface area contributed by atoms with Gasteiger partial charge in [0.15, 0.2) is 0 Å². The summed E-state index contributed by atoms with van der Waals surface area (Å²) < 4.78 is 4.73. The summed E-state index contributed by atoms with van der Waals surface area (Å²) >= 11 is 0. The Balaban J connectivity index is 2.80. The van der Waals surface area contributed by atoms with Crippen molar-refractivity contribution in [1.82, 2.24) is 10.6 Å². The van der Waals surface area contributed by atoms with Crippen LogP contribution in [0.5, 0.6) is 0 Å². The van der Waals surface area contributed by atoms with Crippen molar-refractivity contribution >= 4 is 11.9 Å².